The molecule has 1 N–H and O–H groups in total. The number of benzene rings is 2. The van der Waals surface area contributed by atoms with Crippen molar-refractivity contribution < 1.29 is 4.79 Å². The molecule has 2 aromatic carbocycles. The number of allylic oxidation sites excluding steroid dienone is 1. The van der Waals surface area contributed by atoms with Crippen molar-refractivity contribution in [1.82, 2.24) is 14.8 Å². The molecular formula is C23H25ClN4OS2. The molecule has 0 aliphatic heterocycles. The molecule has 3 aromatic rings. The molecule has 0 unspecified atom stereocenters. The number of anilines is 1. The Balaban J connectivity index is 1.57. The van der Waals surface area contributed by atoms with Crippen LogP contribution in [0.2, 0.25) is 5.02 Å². The van der Waals surface area contributed by atoms with Gasteiger partial charge in [0.25, 0.3) is 0 Å². The number of rotatable bonds is 10. The molecule has 0 aliphatic carbocycles. The number of nitrogens with zero attached hydrogens (tertiary/aromatic N) is 3. The molecule has 0 fully saturated rings. The molecule has 1 amide bonds. The number of carbonyl (C=O) groups is 1. The van der Waals surface area contributed by atoms with Gasteiger partial charge in [-0.1, -0.05) is 65.3 Å². The summed E-state index contributed by atoms with van der Waals surface area (Å²) in [5, 5.41) is 12.9. The SMILES string of the molecule is C=CCn1c(CSCc2ccc(C)cc2)nnc1SCC(=O)Nc1cc(Cl)ccc1C. The first-order valence-electron chi connectivity index (χ1n) is 9.81. The van der Waals surface area contributed by atoms with E-state index >= 15 is 0 Å². The van der Waals surface area contributed by atoms with Crippen LogP contribution < -0.4 is 5.32 Å². The molecule has 0 radical (unpaired) electrons. The number of carbonyl (C=O) groups excluding carboxylic acids is 1. The molecule has 3 rings (SSSR count). The van der Waals surface area contributed by atoms with Gasteiger partial charge in [-0.05, 0) is 37.1 Å². The molecule has 0 aliphatic rings. The number of halogens is 1. The molecule has 0 atom stereocenters. The summed E-state index contributed by atoms with van der Waals surface area (Å²) in [7, 11) is 0. The van der Waals surface area contributed by atoms with Gasteiger partial charge < -0.3 is 9.88 Å². The highest BCUT2D eigenvalue weighted by Gasteiger charge is 2.14. The van der Waals surface area contributed by atoms with E-state index in [4.69, 9.17) is 11.6 Å². The zero-order chi connectivity index (χ0) is 22.2. The lowest BCUT2D eigenvalue weighted by Gasteiger charge is -2.10. The minimum atomic E-state index is -0.112. The number of hydrogen-bond acceptors (Lipinski definition) is 5. The second-order valence-electron chi connectivity index (χ2n) is 7.07. The van der Waals surface area contributed by atoms with Crippen molar-refractivity contribution in [3.63, 3.8) is 0 Å². The smallest absolute Gasteiger partial charge is 0.234 e. The van der Waals surface area contributed by atoms with E-state index in [2.05, 4.69) is 53.3 Å². The lowest BCUT2D eigenvalue weighted by atomic mass is 10.2. The Labute approximate surface area is 196 Å². The zero-order valence-electron chi connectivity index (χ0n) is 17.6. The molecular weight excluding hydrogens is 448 g/mol. The van der Waals surface area contributed by atoms with Crippen molar-refractivity contribution in [1.29, 1.82) is 0 Å². The third-order valence-electron chi connectivity index (χ3n) is 4.53. The topological polar surface area (TPSA) is 59.8 Å². The van der Waals surface area contributed by atoms with Crippen LogP contribution in [0.25, 0.3) is 0 Å². The van der Waals surface area contributed by atoms with E-state index in [0.717, 1.165) is 28.6 Å². The van der Waals surface area contributed by atoms with E-state index in [1.54, 1.807) is 23.9 Å². The van der Waals surface area contributed by atoms with Gasteiger partial charge in [0.15, 0.2) is 5.16 Å². The number of amides is 1. The van der Waals surface area contributed by atoms with Crippen LogP contribution in [-0.2, 0) is 22.8 Å². The third kappa shape index (κ3) is 6.89. The number of nitrogens with one attached hydrogen (secondary N) is 1. The van der Waals surface area contributed by atoms with Crippen LogP contribution in [0.5, 0.6) is 0 Å². The average Bonchev–Trinajstić information content (AvgIpc) is 3.12. The Kier molecular flexibility index (Phi) is 8.63. The lowest BCUT2D eigenvalue weighted by molar-refractivity contribution is -0.113. The van der Waals surface area contributed by atoms with Gasteiger partial charge in [0, 0.05) is 23.0 Å². The van der Waals surface area contributed by atoms with Crippen LogP contribution in [0.1, 0.15) is 22.5 Å². The van der Waals surface area contributed by atoms with Crippen LogP contribution in [0.4, 0.5) is 5.69 Å². The van der Waals surface area contributed by atoms with Gasteiger partial charge in [-0.25, -0.2) is 0 Å². The molecule has 8 heteroatoms. The van der Waals surface area contributed by atoms with Crippen LogP contribution in [0.3, 0.4) is 0 Å². The fourth-order valence-electron chi connectivity index (χ4n) is 2.83. The summed E-state index contributed by atoms with van der Waals surface area (Å²) >= 11 is 9.18. The monoisotopic (exact) mass is 472 g/mol. The Morgan fingerprint density at radius 1 is 1.16 bits per heavy atom. The van der Waals surface area contributed by atoms with E-state index in [9.17, 15) is 4.79 Å². The van der Waals surface area contributed by atoms with Crippen molar-refractivity contribution in [2.75, 3.05) is 11.1 Å². The summed E-state index contributed by atoms with van der Waals surface area (Å²) in [6, 6.07) is 14.0. The van der Waals surface area contributed by atoms with Crippen molar-refractivity contribution in [2.24, 2.45) is 0 Å². The Morgan fingerprint density at radius 3 is 2.68 bits per heavy atom. The maximum absolute atomic E-state index is 12.4. The average molecular weight is 473 g/mol. The van der Waals surface area contributed by atoms with Crippen LogP contribution >= 0.6 is 35.1 Å². The van der Waals surface area contributed by atoms with E-state index < -0.39 is 0 Å². The van der Waals surface area contributed by atoms with Gasteiger partial charge in [0.05, 0.1) is 11.5 Å². The van der Waals surface area contributed by atoms with E-state index in [1.165, 1.54) is 22.9 Å². The minimum absolute atomic E-state index is 0.112. The summed E-state index contributed by atoms with van der Waals surface area (Å²) < 4.78 is 2.01. The highest BCUT2D eigenvalue weighted by Crippen LogP contribution is 2.24. The van der Waals surface area contributed by atoms with Crippen molar-refractivity contribution >= 4 is 46.7 Å². The third-order valence-corrected chi connectivity index (χ3v) is 6.73. The Morgan fingerprint density at radius 2 is 1.94 bits per heavy atom. The number of thioether (sulfide) groups is 2. The Bertz CT molecular complexity index is 1050. The molecule has 1 aromatic heterocycles. The maximum atomic E-state index is 12.4. The second kappa shape index (κ2) is 11.4. The number of aryl methyl sites for hydroxylation is 2. The summed E-state index contributed by atoms with van der Waals surface area (Å²) in [5.41, 5.74) is 4.23. The van der Waals surface area contributed by atoms with Crippen LogP contribution in [-0.4, -0.2) is 26.4 Å². The van der Waals surface area contributed by atoms with Crippen molar-refractivity contribution in [2.45, 2.75) is 37.1 Å². The maximum Gasteiger partial charge on any atom is 0.234 e. The fourth-order valence-corrected chi connectivity index (χ4v) is 4.70. The molecule has 0 saturated carbocycles. The highest BCUT2D eigenvalue weighted by molar-refractivity contribution is 7.99. The minimum Gasteiger partial charge on any atom is -0.325 e. The molecule has 0 spiro atoms. The van der Waals surface area contributed by atoms with Crippen molar-refractivity contribution in [3.05, 3.63) is 82.7 Å². The number of hydrogen-bond donors (Lipinski definition) is 1. The first-order valence-corrected chi connectivity index (χ1v) is 12.3. The van der Waals surface area contributed by atoms with Gasteiger partial charge in [-0.3, -0.25) is 4.79 Å². The van der Waals surface area contributed by atoms with Gasteiger partial charge >= 0.3 is 0 Å². The summed E-state index contributed by atoms with van der Waals surface area (Å²) in [4.78, 5) is 12.4. The van der Waals surface area contributed by atoms with E-state index in [1.807, 2.05) is 23.6 Å². The van der Waals surface area contributed by atoms with Crippen LogP contribution in [0, 0.1) is 13.8 Å². The second-order valence-corrected chi connectivity index (χ2v) is 9.44. The molecule has 162 valence electrons. The number of aromatic nitrogens is 3. The first kappa shape index (κ1) is 23.4. The summed E-state index contributed by atoms with van der Waals surface area (Å²) in [5.74, 6) is 2.65. The standard InChI is InChI=1S/C23H25ClN4OS2/c1-4-11-28-21(14-30-13-18-8-5-16(2)6-9-18)26-27-23(28)31-15-22(29)25-20-12-19(24)10-7-17(20)3/h4-10,12H,1,11,13-15H2,2-3H3,(H,25,29). The Hall–Kier alpha value is -2.22. The summed E-state index contributed by atoms with van der Waals surface area (Å²) in [6.45, 7) is 8.46. The van der Waals surface area contributed by atoms with Crippen LogP contribution in [0.15, 0.2) is 60.3 Å². The molecule has 1 heterocycles. The van der Waals surface area contributed by atoms with Gasteiger partial charge in [0.1, 0.15) is 5.82 Å². The largest absolute Gasteiger partial charge is 0.325 e. The van der Waals surface area contributed by atoms with Gasteiger partial charge in [0.2, 0.25) is 5.91 Å². The quantitative estimate of drug-likeness (QED) is 0.294. The zero-order valence-corrected chi connectivity index (χ0v) is 20.0. The van der Waals surface area contributed by atoms with Gasteiger partial charge in [-0.15, -0.1) is 28.5 Å². The predicted molar refractivity (Wildman–Crippen MR) is 132 cm³/mol. The van der Waals surface area contributed by atoms with Crippen molar-refractivity contribution in [3.8, 4) is 0 Å². The lowest BCUT2D eigenvalue weighted by Crippen LogP contribution is -2.15. The van der Waals surface area contributed by atoms with Gasteiger partial charge in [-0.2, -0.15) is 0 Å². The molecule has 5 nitrogen and oxygen atoms in total. The fraction of sp³-hybridized carbons (Fsp3) is 0.261. The summed E-state index contributed by atoms with van der Waals surface area (Å²) in [6.07, 6.45) is 1.82. The molecule has 0 bridgehead atoms. The van der Waals surface area contributed by atoms with E-state index in [-0.39, 0.29) is 11.7 Å². The molecule has 0 saturated heterocycles. The highest BCUT2D eigenvalue weighted by atomic mass is 35.5. The first-order chi connectivity index (χ1) is 15.0. The normalized spacial score (nSPS) is 10.8. The molecule has 31 heavy (non-hydrogen) atoms. The van der Waals surface area contributed by atoms with E-state index in [0.29, 0.717) is 16.7 Å². The predicted octanol–water partition coefficient (Wildman–Crippen LogP) is 5.90.